The van der Waals surface area contributed by atoms with Gasteiger partial charge in [-0.25, -0.2) is 4.90 Å². The summed E-state index contributed by atoms with van der Waals surface area (Å²) < 4.78 is 116. The lowest BCUT2D eigenvalue weighted by Crippen LogP contribution is -2.57. The van der Waals surface area contributed by atoms with E-state index in [9.17, 15) is 49.1 Å². The predicted molar refractivity (Wildman–Crippen MR) is 87.3 cm³/mol. The van der Waals surface area contributed by atoms with E-state index >= 15 is 0 Å². The second-order valence-electron chi connectivity index (χ2n) is 6.28. The molecule has 166 valence electrons. The number of rotatable bonds is 2. The first-order valence-corrected chi connectivity index (χ1v) is 8.40. The SMILES string of the molecule is CC1(C(=O)N(C(=O)C(F)(F)F)c2ccc(Br)c(C(F)(F)F)c2)CC(C(F)(F)F)=NN1. The van der Waals surface area contributed by atoms with Gasteiger partial charge in [0.25, 0.3) is 5.91 Å². The molecule has 1 aromatic carbocycles. The Bertz CT molecular complexity index is 908. The van der Waals surface area contributed by atoms with E-state index in [1.807, 2.05) is 0 Å². The summed E-state index contributed by atoms with van der Waals surface area (Å²) in [7, 11) is 0. The number of benzene rings is 1. The maximum Gasteiger partial charge on any atom is 0.472 e. The van der Waals surface area contributed by atoms with E-state index in [0.29, 0.717) is 12.1 Å². The van der Waals surface area contributed by atoms with Gasteiger partial charge in [0.1, 0.15) is 11.3 Å². The van der Waals surface area contributed by atoms with E-state index in [1.165, 1.54) is 0 Å². The molecule has 0 spiro atoms. The van der Waals surface area contributed by atoms with Crippen molar-refractivity contribution < 1.29 is 49.1 Å². The molecule has 1 heterocycles. The number of anilines is 1. The van der Waals surface area contributed by atoms with Crippen molar-refractivity contribution in [3.05, 3.63) is 28.2 Å². The predicted octanol–water partition coefficient (Wildman–Crippen LogP) is 4.56. The number of hydrogen-bond donors (Lipinski definition) is 1. The second-order valence-corrected chi connectivity index (χ2v) is 7.14. The summed E-state index contributed by atoms with van der Waals surface area (Å²) in [4.78, 5) is 23.9. The Labute approximate surface area is 170 Å². The average molecular weight is 514 g/mol. The summed E-state index contributed by atoms with van der Waals surface area (Å²) in [6.07, 6.45) is -17.1. The molecule has 0 saturated carbocycles. The van der Waals surface area contributed by atoms with Gasteiger partial charge in [0, 0.05) is 10.9 Å². The molecule has 0 aromatic heterocycles. The van der Waals surface area contributed by atoms with Crippen LogP contribution in [0.4, 0.5) is 45.2 Å². The Morgan fingerprint density at radius 3 is 2.07 bits per heavy atom. The Hall–Kier alpha value is -2.32. The zero-order valence-corrected chi connectivity index (χ0v) is 16.0. The Morgan fingerprint density at radius 1 is 1.07 bits per heavy atom. The highest BCUT2D eigenvalue weighted by atomic mass is 79.9. The van der Waals surface area contributed by atoms with Crippen molar-refractivity contribution in [2.24, 2.45) is 5.10 Å². The quantitative estimate of drug-likeness (QED) is 0.590. The van der Waals surface area contributed by atoms with Gasteiger partial charge in [0.05, 0.1) is 11.3 Å². The maximum absolute atomic E-state index is 13.1. The van der Waals surface area contributed by atoms with Crippen LogP contribution in [0.25, 0.3) is 0 Å². The van der Waals surface area contributed by atoms with Crippen LogP contribution in [-0.4, -0.2) is 35.4 Å². The Balaban J connectivity index is 2.56. The number of imide groups is 1. The first kappa shape index (κ1) is 24.0. The summed E-state index contributed by atoms with van der Waals surface area (Å²) in [6.45, 7) is 0.734. The van der Waals surface area contributed by atoms with Crippen molar-refractivity contribution in [1.82, 2.24) is 5.43 Å². The van der Waals surface area contributed by atoms with Crippen molar-refractivity contribution in [3.8, 4) is 0 Å². The number of nitrogens with zero attached hydrogens (tertiary/aromatic N) is 2. The third-order valence-electron chi connectivity index (χ3n) is 3.92. The lowest BCUT2D eigenvalue weighted by Gasteiger charge is -2.31. The molecule has 1 unspecified atom stereocenters. The molecule has 0 bridgehead atoms. The molecule has 0 aliphatic carbocycles. The van der Waals surface area contributed by atoms with E-state index < -0.39 is 68.6 Å². The fourth-order valence-electron chi connectivity index (χ4n) is 2.46. The van der Waals surface area contributed by atoms with Gasteiger partial charge in [0.2, 0.25) is 0 Å². The van der Waals surface area contributed by atoms with Crippen LogP contribution in [0.5, 0.6) is 0 Å². The number of hydrogen-bond acceptors (Lipinski definition) is 4. The Morgan fingerprint density at radius 2 is 1.63 bits per heavy atom. The second kappa shape index (κ2) is 7.42. The van der Waals surface area contributed by atoms with E-state index in [4.69, 9.17) is 0 Å². The normalized spacial score (nSPS) is 19.9. The largest absolute Gasteiger partial charge is 0.472 e. The third kappa shape index (κ3) is 4.70. The molecular weight excluding hydrogens is 505 g/mol. The number of nitrogens with one attached hydrogen (secondary N) is 1. The van der Waals surface area contributed by atoms with Gasteiger partial charge in [-0.05, 0) is 25.1 Å². The van der Waals surface area contributed by atoms with Crippen molar-refractivity contribution in [1.29, 1.82) is 0 Å². The lowest BCUT2D eigenvalue weighted by molar-refractivity contribution is -0.171. The minimum atomic E-state index is -5.72. The summed E-state index contributed by atoms with van der Waals surface area (Å²) >= 11 is 2.55. The zero-order chi connectivity index (χ0) is 23.3. The van der Waals surface area contributed by atoms with Crippen molar-refractivity contribution in [2.45, 2.75) is 37.4 Å². The standard InChI is InChI=1S/C15H9BrF9N3O2/c1-12(5-9(26-27-12)14(20,21)22)10(29)28(11(30)15(23,24)25)6-2-3-8(16)7(4-6)13(17,18)19/h2-4,27H,5H2,1H3. The van der Waals surface area contributed by atoms with E-state index in [1.54, 1.807) is 5.43 Å². The van der Waals surface area contributed by atoms with Crippen LogP contribution < -0.4 is 10.3 Å². The summed E-state index contributed by atoms with van der Waals surface area (Å²) in [5.41, 5.74) is -4.93. The molecule has 0 fully saturated rings. The van der Waals surface area contributed by atoms with Gasteiger partial charge in [-0.15, -0.1) is 0 Å². The molecule has 2 amide bonds. The fourth-order valence-corrected chi connectivity index (χ4v) is 2.93. The first-order valence-electron chi connectivity index (χ1n) is 7.61. The molecule has 1 atom stereocenters. The minimum absolute atomic E-state index is 0.0927. The number of carbonyl (C=O) groups is 2. The highest BCUT2D eigenvalue weighted by Gasteiger charge is 2.54. The number of alkyl halides is 9. The number of halogens is 10. The van der Waals surface area contributed by atoms with Crippen molar-refractivity contribution >= 4 is 39.1 Å². The van der Waals surface area contributed by atoms with Gasteiger partial charge in [-0.2, -0.15) is 44.6 Å². The maximum atomic E-state index is 13.1. The fraction of sp³-hybridized carbons (Fsp3) is 0.400. The van der Waals surface area contributed by atoms with Crippen LogP contribution in [0.1, 0.15) is 18.9 Å². The van der Waals surface area contributed by atoms with Crippen LogP contribution >= 0.6 is 15.9 Å². The molecular formula is C15H9BrF9N3O2. The van der Waals surface area contributed by atoms with Crippen LogP contribution in [0, 0.1) is 0 Å². The zero-order valence-electron chi connectivity index (χ0n) is 14.4. The molecule has 0 saturated heterocycles. The summed E-state index contributed by atoms with van der Waals surface area (Å²) in [6, 6.07) is 1.34. The molecule has 1 aliphatic rings. The minimum Gasteiger partial charge on any atom is -0.294 e. The third-order valence-corrected chi connectivity index (χ3v) is 4.61. The molecule has 1 aromatic rings. The number of hydrazone groups is 1. The van der Waals surface area contributed by atoms with E-state index in [0.717, 1.165) is 6.92 Å². The molecule has 1 aliphatic heterocycles. The van der Waals surface area contributed by atoms with E-state index in [2.05, 4.69) is 21.0 Å². The summed E-state index contributed by atoms with van der Waals surface area (Å²) in [5, 5.41) is 2.86. The summed E-state index contributed by atoms with van der Waals surface area (Å²) in [5.74, 6) is -4.75. The molecule has 1 N–H and O–H groups in total. The molecule has 0 radical (unpaired) electrons. The van der Waals surface area contributed by atoms with E-state index in [-0.39, 0.29) is 6.07 Å². The van der Waals surface area contributed by atoms with Crippen LogP contribution in [0.3, 0.4) is 0 Å². The van der Waals surface area contributed by atoms with Gasteiger partial charge in [-0.1, -0.05) is 15.9 Å². The highest BCUT2D eigenvalue weighted by molar-refractivity contribution is 9.10. The Kier molecular flexibility index (Phi) is 5.93. The molecule has 2 rings (SSSR count). The lowest BCUT2D eigenvalue weighted by atomic mass is 9.94. The van der Waals surface area contributed by atoms with Gasteiger partial charge in [-0.3, -0.25) is 15.0 Å². The van der Waals surface area contributed by atoms with Gasteiger partial charge >= 0.3 is 24.4 Å². The molecule has 30 heavy (non-hydrogen) atoms. The van der Waals surface area contributed by atoms with Crippen LogP contribution in [0.2, 0.25) is 0 Å². The number of carbonyl (C=O) groups excluding carboxylic acids is 2. The monoisotopic (exact) mass is 513 g/mol. The topological polar surface area (TPSA) is 61.8 Å². The van der Waals surface area contributed by atoms with Crippen LogP contribution in [0.15, 0.2) is 27.8 Å². The van der Waals surface area contributed by atoms with Crippen molar-refractivity contribution in [2.75, 3.05) is 4.90 Å². The number of amides is 2. The highest BCUT2D eigenvalue weighted by Crippen LogP contribution is 2.39. The first-order chi connectivity index (χ1) is 13.4. The average Bonchev–Trinajstić information content (AvgIpc) is 2.98. The van der Waals surface area contributed by atoms with Crippen molar-refractivity contribution in [3.63, 3.8) is 0 Å². The smallest absolute Gasteiger partial charge is 0.294 e. The van der Waals surface area contributed by atoms with Gasteiger partial charge in [0.15, 0.2) is 0 Å². The van der Waals surface area contributed by atoms with Crippen LogP contribution in [-0.2, 0) is 15.8 Å². The molecule has 15 heteroatoms. The van der Waals surface area contributed by atoms with Gasteiger partial charge < -0.3 is 0 Å². The molecule has 5 nitrogen and oxygen atoms in total.